The summed E-state index contributed by atoms with van der Waals surface area (Å²) in [4.78, 5) is 3.96. The maximum atomic E-state index is 13.1. The molecule has 0 radical (unpaired) electrons. The Morgan fingerprint density at radius 1 is 1.27 bits per heavy atom. The van der Waals surface area contributed by atoms with Crippen molar-refractivity contribution < 1.29 is 9.50 Å². The van der Waals surface area contributed by atoms with E-state index in [0.717, 1.165) is 5.56 Å². The number of pyridine rings is 1. The Bertz CT molecular complexity index is 456. The van der Waals surface area contributed by atoms with Crippen LogP contribution in [0.3, 0.4) is 0 Å². The maximum absolute atomic E-state index is 13.1. The van der Waals surface area contributed by atoms with Crippen LogP contribution in [0, 0.1) is 5.82 Å². The first-order valence-corrected chi connectivity index (χ1v) is 4.61. The van der Waals surface area contributed by atoms with Gasteiger partial charge in [-0.3, -0.25) is 4.98 Å². The van der Waals surface area contributed by atoms with Crippen LogP contribution in [0.5, 0.6) is 0 Å². The van der Waals surface area contributed by atoms with Crippen molar-refractivity contribution in [1.82, 2.24) is 4.98 Å². The highest BCUT2D eigenvalue weighted by Gasteiger charge is 2.05. The van der Waals surface area contributed by atoms with Crippen molar-refractivity contribution in [3.05, 3.63) is 54.1 Å². The molecule has 2 aromatic rings. The van der Waals surface area contributed by atoms with E-state index in [2.05, 4.69) is 4.98 Å². The molecule has 3 heteroatoms. The third kappa shape index (κ3) is 2.02. The van der Waals surface area contributed by atoms with E-state index in [9.17, 15) is 4.39 Å². The van der Waals surface area contributed by atoms with E-state index in [0.29, 0.717) is 11.1 Å². The third-order valence-electron chi connectivity index (χ3n) is 2.21. The SMILES string of the molecule is OCc1ccc(F)cc1-c1cccnc1. The van der Waals surface area contributed by atoms with Gasteiger partial charge in [-0.2, -0.15) is 0 Å². The summed E-state index contributed by atoms with van der Waals surface area (Å²) in [6, 6.07) is 7.94. The van der Waals surface area contributed by atoms with Gasteiger partial charge in [0.2, 0.25) is 0 Å². The minimum Gasteiger partial charge on any atom is -0.392 e. The van der Waals surface area contributed by atoms with Crippen molar-refractivity contribution in [3.8, 4) is 11.1 Å². The minimum absolute atomic E-state index is 0.107. The number of aliphatic hydroxyl groups is 1. The molecule has 1 N–H and O–H groups in total. The lowest BCUT2D eigenvalue weighted by atomic mass is 10.0. The van der Waals surface area contributed by atoms with E-state index in [1.807, 2.05) is 6.07 Å². The molecule has 0 spiro atoms. The summed E-state index contributed by atoms with van der Waals surface area (Å²) in [6.45, 7) is -0.107. The van der Waals surface area contributed by atoms with Crippen LogP contribution in [0.1, 0.15) is 5.56 Å². The highest BCUT2D eigenvalue weighted by molar-refractivity contribution is 5.66. The van der Waals surface area contributed by atoms with Crippen LogP contribution in [-0.2, 0) is 6.61 Å². The molecule has 15 heavy (non-hydrogen) atoms. The first-order valence-electron chi connectivity index (χ1n) is 4.61. The predicted molar refractivity (Wildman–Crippen MR) is 55.6 cm³/mol. The molecule has 0 aliphatic carbocycles. The fourth-order valence-electron chi connectivity index (χ4n) is 1.48. The van der Waals surface area contributed by atoms with Gasteiger partial charge >= 0.3 is 0 Å². The predicted octanol–water partition coefficient (Wildman–Crippen LogP) is 2.38. The van der Waals surface area contributed by atoms with Crippen LogP contribution in [0.4, 0.5) is 4.39 Å². The number of halogens is 1. The van der Waals surface area contributed by atoms with Crippen molar-refractivity contribution in [1.29, 1.82) is 0 Å². The summed E-state index contributed by atoms with van der Waals surface area (Å²) < 4.78 is 13.1. The lowest BCUT2D eigenvalue weighted by Gasteiger charge is -2.06. The first-order chi connectivity index (χ1) is 7.31. The molecule has 2 nitrogen and oxygen atoms in total. The van der Waals surface area contributed by atoms with Gasteiger partial charge < -0.3 is 5.11 Å². The van der Waals surface area contributed by atoms with Gasteiger partial charge in [0, 0.05) is 18.0 Å². The van der Waals surface area contributed by atoms with E-state index in [-0.39, 0.29) is 12.4 Å². The molecule has 0 unspecified atom stereocenters. The zero-order valence-electron chi connectivity index (χ0n) is 8.02. The summed E-state index contributed by atoms with van der Waals surface area (Å²) in [5.74, 6) is -0.314. The lowest BCUT2D eigenvalue weighted by Crippen LogP contribution is -1.91. The zero-order chi connectivity index (χ0) is 10.7. The Balaban J connectivity index is 2.56. The minimum atomic E-state index is -0.314. The van der Waals surface area contributed by atoms with Crippen molar-refractivity contribution >= 4 is 0 Å². The summed E-state index contributed by atoms with van der Waals surface area (Å²) in [5, 5.41) is 9.13. The van der Waals surface area contributed by atoms with E-state index in [1.165, 1.54) is 12.1 Å². The number of hydrogen-bond donors (Lipinski definition) is 1. The van der Waals surface area contributed by atoms with Crippen LogP contribution >= 0.6 is 0 Å². The average Bonchev–Trinajstić information content (AvgIpc) is 2.30. The zero-order valence-corrected chi connectivity index (χ0v) is 8.02. The monoisotopic (exact) mass is 203 g/mol. The molecule has 76 valence electrons. The summed E-state index contributed by atoms with van der Waals surface area (Å²) >= 11 is 0. The Morgan fingerprint density at radius 3 is 2.80 bits per heavy atom. The van der Waals surface area contributed by atoms with Gasteiger partial charge in [-0.05, 0) is 29.3 Å². The molecular formula is C12H10FNO. The highest BCUT2D eigenvalue weighted by Crippen LogP contribution is 2.23. The van der Waals surface area contributed by atoms with Crippen molar-refractivity contribution in [3.63, 3.8) is 0 Å². The van der Waals surface area contributed by atoms with Crippen molar-refractivity contribution in [2.75, 3.05) is 0 Å². The van der Waals surface area contributed by atoms with Gasteiger partial charge in [0.1, 0.15) is 5.82 Å². The van der Waals surface area contributed by atoms with E-state index in [1.54, 1.807) is 24.5 Å². The smallest absolute Gasteiger partial charge is 0.123 e. The normalized spacial score (nSPS) is 10.3. The topological polar surface area (TPSA) is 33.1 Å². The Hall–Kier alpha value is -1.74. The highest BCUT2D eigenvalue weighted by atomic mass is 19.1. The molecule has 0 atom stereocenters. The Labute approximate surface area is 87.0 Å². The molecule has 0 saturated carbocycles. The Kier molecular flexibility index (Phi) is 2.74. The molecule has 0 amide bonds. The number of rotatable bonds is 2. The quantitative estimate of drug-likeness (QED) is 0.812. The molecule has 0 saturated heterocycles. The Morgan fingerprint density at radius 2 is 2.13 bits per heavy atom. The molecule has 1 heterocycles. The standard InChI is InChI=1S/C12H10FNO/c13-11-4-3-10(8-15)12(6-11)9-2-1-5-14-7-9/h1-7,15H,8H2. The van der Waals surface area contributed by atoms with E-state index in [4.69, 9.17) is 5.11 Å². The average molecular weight is 203 g/mol. The maximum Gasteiger partial charge on any atom is 0.123 e. The number of aromatic nitrogens is 1. The van der Waals surface area contributed by atoms with Crippen LogP contribution in [0.2, 0.25) is 0 Å². The van der Waals surface area contributed by atoms with Crippen LogP contribution < -0.4 is 0 Å². The first kappa shape index (κ1) is 9.80. The van der Waals surface area contributed by atoms with Gasteiger partial charge in [0.25, 0.3) is 0 Å². The second kappa shape index (κ2) is 4.19. The molecule has 0 aliphatic rings. The number of benzene rings is 1. The fourth-order valence-corrected chi connectivity index (χ4v) is 1.48. The van der Waals surface area contributed by atoms with Crippen LogP contribution in [0.25, 0.3) is 11.1 Å². The van der Waals surface area contributed by atoms with E-state index >= 15 is 0 Å². The molecule has 0 fully saturated rings. The second-order valence-electron chi connectivity index (χ2n) is 3.20. The van der Waals surface area contributed by atoms with Crippen molar-refractivity contribution in [2.24, 2.45) is 0 Å². The second-order valence-corrected chi connectivity index (χ2v) is 3.20. The molecule has 2 rings (SSSR count). The van der Waals surface area contributed by atoms with Crippen LogP contribution in [-0.4, -0.2) is 10.1 Å². The third-order valence-corrected chi connectivity index (χ3v) is 2.21. The van der Waals surface area contributed by atoms with Crippen molar-refractivity contribution in [2.45, 2.75) is 6.61 Å². The molecule has 0 aliphatic heterocycles. The van der Waals surface area contributed by atoms with E-state index < -0.39 is 0 Å². The number of hydrogen-bond acceptors (Lipinski definition) is 2. The number of nitrogens with zero attached hydrogens (tertiary/aromatic N) is 1. The number of aliphatic hydroxyl groups excluding tert-OH is 1. The molecule has 1 aromatic carbocycles. The molecular weight excluding hydrogens is 193 g/mol. The largest absolute Gasteiger partial charge is 0.392 e. The van der Waals surface area contributed by atoms with Gasteiger partial charge in [-0.1, -0.05) is 12.1 Å². The van der Waals surface area contributed by atoms with Gasteiger partial charge in [0.15, 0.2) is 0 Å². The van der Waals surface area contributed by atoms with Crippen LogP contribution in [0.15, 0.2) is 42.7 Å². The lowest BCUT2D eigenvalue weighted by molar-refractivity contribution is 0.282. The van der Waals surface area contributed by atoms with Gasteiger partial charge in [0.05, 0.1) is 6.61 Å². The summed E-state index contributed by atoms with van der Waals surface area (Å²) in [6.07, 6.45) is 3.30. The summed E-state index contributed by atoms with van der Waals surface area (Å²) in [5.41, 5.74) is 2.19. The van der Waals surface area contributed by atoms with Gasteiger partial charge in [-0.15, -0.1) is 0 Å². The fraction of sp³-hybridized carbons (Fsp3) is 0.0833. The van der Waals surface area contributed by atoms with Gasteiger partial charge in [-0.25, -0.2) is 4.39 Å². The molecule has 0 bridgehead atoms. The summed E-state index contributed by atoms with van der Waals surface area (Å²) in [7, 11) is 0. The molecule has 1 aromatic heterocycles.